The largest absolute Gasteiger partial charge is 1.00 e. The fraction of sp³-hybridized carbons (Fsp3) is 0.902. The van der Waals surface area contributed by atoms with Crippen molar-refractivity contribution in [3.8, 4) is 0 Å². The maximum atomic E-state index is 10.4. The van der Waals surface area contributed by atoms with Gasteiger partial charge in [-0.05, 0) is 6.61 Å². The zero-order valence-corrected chi connectivity index (χ0v) is 77.7. The topological polar surface area (TPSA) is 562 Å². The zero-order valence-electron chi connectivity index (χ0n) is 63.4. The molecule has 0 saturated heterocycles. The summed E-state index contributed by atoms with van der Waals surface area (Å²) in [6, 6.07) is 0. The fourth-order valence-electron chi connectivity index (χ4n) is 3.36. The molecule has 0 amide bonds. The van der Waals surface area contributed by atoms with E-state index >= 15 is 0 Å². The average molecular weight is 1630 g/mol. The Balaban J connectivity index is -0.0000000342. The quantitative estimate of drug-likeness (QED) is 0.0124. The molecule has 96 heavy (non-hydrogen) atoms. The van der Waals surface area contributed by atoms with Crippen molar-refractivity contribution in [2.45, 2.75) is 199 Å². The number of sulfone groups is 6. The summed E-state index contributed by atoms with van der Waals surface area (Å²) in [5.41, 5.74) is 0. The van der Waals surface area contributed by atoms with Crippen LogP contribution in [0, 0.1) is 11.5 Å². The fourth-order valence-corrected chi connectivity index (χ4v) is 6.41. The molecule has 0 atom stereocenters. The van der Waals surface area contributed by atoms with Gasteiger partial charge in [0.15, 0.2) is 9.84 Å². The molecule has 0 rings (SSSR count). The van der Waals surface area contributed by atoms with E-state index in [1.807, 2.05) is 0 Å². The second-order valence-electron chi connectivity index (χ2n) is 17.8. The van der Waals surface area contributed by atoms with Crippen molar-refractivity contribution in [2.75, 3.05) is 102 Å². The Kier molecular flexibility index (Phi) is 167. The summed E-state index contributed by atoms with van der Waals surface area (Å²) < 4.78 is 229. The third-order valence-electron chi connectivity index (χ3n) is 7.73. The number of methoxy groups -OCH3 is 2. The molecule has 0 aromatic heterocycles. The van der Waals surface area contributed by atoms with Crippen LogP contribution in [-0.2, 0) is 122 Å². The SMILES string of the molecule is C=CS(C)(=O)=O.CCCCC.CCCCC.CCCCC.CCCCC.CCCCC.CCCCC.COCCS(C)(=O)=O.COC[CH-]S(C)(=O)=O.CS(=O)(=O)CCOS(=O)(=O)O.CS(=O)(=O)CCOS(=O)(=O)[O-].CS(=O)(=O)[CH-]COS(=O)(=O)[O-].O.O.O=CO[O-].[H-].[Na+].[Na+].[Na+].[Na+].[OH-]. The molecule has 0 spiro atoms. The van der Waals surface area contributed by atoms with Crippen LogP contribution in [0.15, 0.2) is 12.0 Å². The molecule has 0 aromatic rings. The first-order valence-corrected chi connectivity index (χ1v) is 44.2. The second kappa shape index (κ2) is 106. The van der Waals surface area contributed by atoms with Crippen molar-refractivity contribution < 1.29 is 262 Å². The van der Waals surface area contributed by atoms with Crippen molar-refractivity contribution in [3.05, 3.63) is 23.5 Å². The van der Waals surface area contributed by atoms with Gasteiger partial charge in [-0.25, -0.2) is 54.7 Å². The first-order valence-electron chi connectivity index (χ1n) is 28.1. The molecule has 32 nitrogen and oxygen atoms in total. The average Bonchev–Trinajstić information content (AvgIpc) is 3.36. The molecular weight excluding hydrogens is 1510 g/mol. The molecule has 0 aliphatic rings. The third kappa shape index (κ3) is 320. The van der Waals surface area contributed by atoms with Crippen LogP contribution in [0.1, 0.15) is 200 Å². The Morgan fingerprint density at radius 2 is 0.604 bits per heavy atom. The van der Waals surface area contributed by atoms with Gasteiger partial charge in [0.05, 0.1) is 37.1 Å². The Labute approximate surface area is 675 Å². The molecule has 6 N–H and O–H groups in total. The minimum Gasteiger partial charge on any atom is -1.00 e. The van der Waals surface area contributed by atoms with Crippen LogP contribution in [-0.4, -0.2) is 214 Å². The Bertz CT molecular complexity index is 2170. The number of unbranched alkanes of at least 4 members (excludes halogenated alkanes) is 12. The summed E-state index contributed by atoms with van der Waals surface area (Å²) in [4.78, 5) is 11.2. The van der Waals surface area contributed by atoms with Crippen molar-refractivity contribution in [3.63, 3.8) is 0 Å². The summed E-state index contributed by atoms with van der Waals surface area (Å²) in [7, 11) is -29.7. The maximum absolute atomic E-state index is 10.4. The molecule has 0 aliphatic heterocycles. The molecule has 45 heteroatoms. The van der Waals surface area contributed by atoms with Crippen LogP contribution in [0.4, 0.5) is 0 Å². The van der Waals surface area contributed by atoms with Gasteiger partial charge in [0.2, 0.25) is 20.8 Å². The summed E-state index contributed by atoms with van der Waals surface area (Å²) >= 11 is 0. The van der Waals surface area contributed by atoms with E-state index < -0.39 is 122 Å². The Morgan fingerprint density at radius 1 is 0.406 bits per heavy atom. The van der Waals surface area contributed by atoms with E-state index in [-0.39, 0.29) is 155 Å². The first kappa shape index (κ1) is 152. The molecular formula is C51H125Na4O32S9-3. The van der Waals surface area contributed by atoms with Gasteiger partial charge in [-0.2, -0.15) is 19.9 Å². The molecule has 0 aromatic carbocycles. The van der Waals surface area contributed by atoms with Gasteiger partial charge in [-0.1, -0.05) is 212 Å². The first-order chi connectivity index (χ1) is 40.2. The van der Waals surface area contributed by atoms with E-state index in [1.54, 1.807) is 0 Å². The maximum Gasteiger partial charge on any atom is 1.00 e. The van der Waals surface area contributed by atoms with Crippen molar-refractivity contribution in [1.29, 1.82) is 0 Å². The third-order valence-corrected chi connectivity index (χ3v) is 13.9. The monoisotopic (exact) mass is 1630 g/mol. The number of ether oxygens (including phenoxy) is 2. The van der Waals surface area contributed by atoms with E-state index in [2.05, 4.69) is 117 Å². The molecule has 0 fully saturated rings. The predicted molar refractivity (Wildman–Crippen MR) is 364 cm³/mol. The van der Waals surface area contributed by atoms with Crippen LogP contribution >= 0.6 is 0 Å². The van der Waals surface area contributed by atoms with Crippen LogP contribution in [0.2, 0.25) is 0 Å². The Hall–Kier alpha value is 2.28. The normalized spacial score (nSPS) is 10.0. The molecule has 0 aliphatic carbocycles. The molecule has 0 bridgehead atoms. The number of rotatable bonds is 32. The number of carbonyl (C=O) groups excluding carboxylic acids is 1. The van der Waals surface area contributed by atoms with Crippen LogP contribution in [0.5, 0.6) is 0 Å². The van der Waals surface area contributed by atoms with Crippen LogP contribution < -0.4 is 123 Å². The molecule has 0 unspecified atom stereocenters. The molecule has 0 saturated carbocycles. The van der Waals surface area contributed by atoms with Gasteiger partial charge >= 0.3 is 129 Å². The summed E-state index contributed by atoms with van der Waals surface area (Å²) in [5, 5.41) is 9.34. The second-order valence-corrected chi connectivity index (χ2v) is 33.8. The summed E-state index contributed by atoms with van der Waals surface area (Å²) in [5.74, 6) is 0.903. The van der Waals surface area contributed by atoms with Gasteiger partial charge in [0.1, 0.15) is 29.5 Å². The summed E-state index contributed by atoms with van der Waals surface area (Å²) in [6.45, 7) is 27.9. The van der Waals surface area contributed by atoms with Gasteiger partial charge < -0.3 is 50.8 Å². The molecule has 582 valence electrons. The number of carbonyl (C=O) groups is 1. The van der Waals surface area contributed by atoms with E-state index in [4.69, 9.17) is 14.6 Å². The van der Waals surface area contributed by atoms with Gasteiger partial charge in [0, 0.05) is 76.8 Å². The van der Waals surface area contributed by atoms with Gasteiger partial charge in [-0.3, -0.25) is 30.4 Å². The van der Waals surface area contributed by atoms with E-state index in [1.165, 1.54) is 136 Å². The zero-order chi connectivity index (χ0) is 74.0. The Morgan fingerprint density at radius 3 is 0.708 bits per heavy atom. The number of hydrogen-bond acceptors (Lipinski definition) is 29. The molecule has 0 radical (unpaired) electrons. The van der Waals surface area contributed by atoms with E-state index in [9.17, 15) is 84.9 Å². The van der Waals surface area contributed by atoms with Gasteiger partial charge in [-0.15, -0.1) is 0 Å². The van der Waals surface area contributed by atoms with Crippen LogP contribution in [0.25, 0.3) is 0 Å². The molecule has 0 heterocycles. The standard InChI is InChI=1S/6C5H12.C4H10O3S.C4H9O3S.2C3H8O6S2.C3H7O6S2.C3H6O2S.CH2O3.4Na.3H2O.H/c6*1-3-5-4-2;2*1-7-3-4-8(2,5)6;3*1-10(4,5)3-2-9-11(6,7)8;1-3-6(2,4)5;2-1-4-3;;;;;;;;/h6*3-5H2,1-2H3;3-4H2,1-2H3;4H,3H2,1-2H3;2*2-3H2,1H3,(H,6,7,8);3H,2H2,1H3,(H,6,7,8);3H,1H2,2H3;1,3H;;;;;3*1H2;/q;;;;;;;-1;;;-1;;;4*+1;;;;-1/p-4. The van der Waals surface area contributed by atoms with Crippen molar-refractivity contribution in [1.82, 2.24) is 0 Å². The number of hydrogen-bond donors (Lipinski definition) is 1. The minimum absolute atomic E-state index is 0. The van der Waals surface area contributed by atoms with Gasteiger partial charge in [0.25, 0.3) is 6.47 Å². The van der Waals surface area contributed by atoms with E-state index in [0.717, 1.165) is 42.4 Å². The smallest absolute Gasteiger partial charge is 1.00 e. The van der Waals surface area contributed by atoms with Crippen LogP contribution in [0.3, 0.4) is 0 Å². The van der Waals surface area contributed by atoms with E-state index in [0.29, 0.717) is 12.4 Å². The van der Waals surface area contributed by atoms with Crippen molar-refractivity contribution >= 4 is 96.7 Å². The predicted octanol–water partition coefficient (Wildman–Crippen LogP) is -6.37. The summed E-state index contributed by atoms with van der Waals surface area (Å²) in [6.07, 6.45) is 30.6. The van der Waals surface area contributed by atoms with Crippen molar-refractivity contribution in [2.24, 2.45) is 0 Å². The minimum atomic E-state index is -4.79.